The van der Waals surface area contributed by atoms with E-state index in [0.717, 1.165) is 12.8 Å². The molecule has 2 amide bonds. The summed E-state index contributed by atoms with van der Waals surface area (Å²) >= 11 is 0. The molecule has 1 spiro atoms. The Morgan fingerprint density at radius 2 is 1.92 bits per heavy atom. The minimum absolute atomic E-state index is 0.0164. The second kappa shape index (κ2) is 6.67. The van der Waals surface area contributed by atoms with Gasteiger partial charge in [0.05, 0.1) is 25.3 Å². The molecule has 2 aliphatic heterocycles. The van der Waals surface area contributed by atoms with E-state index in [0.29, 0.717) is 44.1 Å². The van der Waals surface area contributed by atoms with Gasteiger partial charge in [-0.15, -0.1) is 0 Å². The van der Waals surface area contributed by atoms with Gasteiger partial charge < -0.3 is 14.4 Å². The van der Waals surface area contributed by atoms with Crippen LogP contribution in [0.15, 0.2) is 24.3 Å². The van der Waals surface area contributed by atoms with Crippen molar-refractivity contribution in [2.24, 2.45) is 0 Å². The summed E-state index contributed by atoms with van der Waals surface area (Å²) in [6.45, 7) is 2.81. The highest BCUT2D eigenvalue weighted by atomic mass is 16.6. The zero-order valence-electron chi connectivity index (χ0n) is 14.4. The highest BCUT2D eigenvalue weighted by Gasteiger charge is 2.39. The van der Waals surface area contributed by atoms with Gasteiger partial charge in [-0.2, -0.15) is 0 Å². The summed E-state index contributed by atoms with van der Waals surface area (Å²) in [5.74, 6) is 0.0164. The van der Waals surface area contributed by atoms with Gasteiger partial charge in [-0.1, -0.05) is 25.3 Å². The fourth-order valence-electron chi connectivity index (χ4n) is 4.13. The maximum absolute atomic E-state index is 13.0. The molecule has 25 heavy (non-hydrogen) atoms. The monoisotopic (exact) mass is 344 g/mol. The van der Waals surface area contributed by atoms with Crippen LogP contribution < -0.4 is 4.90 Å². The summed E-state index contributed by atoms with van der Waals surface area (Å²) in [5, 5.41) is 0. The molecule has 134 valence electrons. The molecule has 2 heterocycles. The summed E-state index contributed by atoms with van der Waals surface area (Å²) in [7, 11) is 0. The lowest BCUT2D eigenvalue weighted by atomic mass is 9.83. The second-order valence-corrected chi connectivity index (χ2v) is 7.14. The minimum Gasteiger partial charge on any atom is -0.447 e. The van der Waals surface area contributed by atoms with Gasteiger partial charge in [-0.3, -0.25) is 9.69 Å². The van der Waals surface area contributed by atoms with E-state index in [4.69, 9.17) is 9.47 Å². The van der Waals surface area contributed by atoms with E-state index in [-0.39, 0.29) is 17.6 Å². The van der Waals surface area contributed by atoms with Crippen molar-refractivity contribution in [1.82, 2.24) is 4.90 Å². The van der Waals surface area contributed by atoms with Crippen molar-refractivity contribution in [3.8, 4) is 0 Å². The standard InChI is InChI=1S/C19H24N2O4/c22-17(20-9-12-25-19(14-20)7-2-1-3-8-19)15-5-4-6-16(13-15)21-10-11-24-18(21)23/h4-6,13H,1-3,7-12,14H2. The lowest BCUT2D eigenvalue weighted by Crippen LogP contribution is -2.54. The summed E-state index contributed by atoms with van der Waals surface area (Å²) < 4.78 is 11.1. The number of morpholine rings is 1. The number of anilines is 1. The quantitative estimate of drug-likeness (QED) is 0.828. The minimum atomic E-state index is -0.350. The number of ether oxygens (including phenoxy) is 2. The first-order valence-corrected chi connectivity index (χ1v) is 9.15. The van der Waals surface area contributed by atoms with Crippen LogP contribution in [-0.2, 0) is 9.47 Å². The maximum atomic E-state index is 13.0. The fourth-order valence-corrected chi connectivity index (χ4v) is 4.13. The molecule has 6 heteroatoms. The molecular weight excluding hydrogens is 320 g/mol. The number of nitrogens with zero attached hydrogens (tertiary/aromatic N) is 2. The van der Waals surface area contributed by atoms with Crippen molar-refractivity contribution < 1.29 is 19.1 Å². The van der Waals surface area contributed by atoms with Crippen molar-refractivity contribution >= 4 is 17.7 Å². The van der Waals surface area contributed by atoms with Crippen LogP contribution in [0.5, 0.6) is 0 Å². The summed E-state index contributed by atoms with van der Waals surface area (Å²) in [5.41, 5.74) is 1.18. The Morgan fingerprint density at radius 3 is 2.68 bits per heavy atom. The van der Waals surface area contributed by atoms with E-state index in [1.807, 2.05) is 23.1 Å². The highest BCUT2D eigenvalue weighted by Crippen LogP contribution is 2.35. The Morgan fingerprint density at radius 1 is 1.08 bits per heavy atom. The molecule has 6 nitrogen and oxygen atoms in total. The molecule has 4 rings (SSSR count). The van der Waals surface area contributed by atoms with Crippen LogP contribution in [0.25, 0.3) is 0 Å². The molecule has 0 N–H and O–H groups in total. The topological polar surface area (TPSA) is 59.1 Å². The number of cyclic esters (lactones) is 1. The number of carbonyl (C=O) groups is 2. The number of amides is 2. The first kappa shape index (κ1) is 16.4. The molecule has 0 aromatic heterocycles. The molecule has 1 aromatic carbocycles. The van der Waals surface area contributed by atoms with Gasteiger partial charge in [0.25, 0.3) is 5.91 Å². The van der Waals surface area contributed by atoms with Crippen LogP contribution in [0, 0.1) is 0 Å². The zero-order valence-corrected chi connectivity index (χ0v) is 14.4. The number of benzene rings is 1. The lowest BCUT2D eigenvalue weighted by molar-refractivity contribution is -0.117. The predicted molar refractivity (Wildman–Crippen MR) is 92.8 cm³/mol. The van der Waals surface area contributed by atoms with Gasteiger partial charge in [-0.05, 0) is 31.0 Å². The average Bonchev–Trinajstić information content (AvgIpc) is 3.08. The molecular formula is C19H24N2O4. The van der Waals surface area contributed by atoms with Crippen molar-refractivity contribution in [3.05, 3.63) is 29.8 Å². The van der Waals surface area contributed by atoms with Gasteiger partial charge in [0, 0.05) is 17.8 Å². The molecule has 1 saturated carbocycles. The van der Waals surface area contributed by atoms with Gasteiger partial charge >= 0.3 is 6.09 Å². The predicted octanol–water partition coefficient (Wildman–Crippen LogP) is 2.82. The normalized spacial score (nSPS) is 23.0. The number of hydrogen-bond donors (Lipinski definition) is 0. The van der Waals surface area contributed by atoms with Crippen LogP contribution in [0.3, 0.4) is 0 Å². The number of rotatable bonds is 2. The van der Waals surface area contributed by atoms with E-state index in [1.165, 1.54) is 19.3 Å². The third kappa shape index (κ3) is 3.23. The van der Waals surface area contributed by atoms with E-state index >= 15 is 0 Å². The Hall–Kier alpha value is -2.08. The molecule has 0 unspecified atom stereocenters. The van der Waals surface area contributed by atoms with Gasteiger partial charge in [0.15, 0.2) is 0 Å². The van der Waals surface area contributed by atoms with E-state index in [9.17, 15) is 9.59 Å². The first-order valence-electron chi connectivity index (χ1n) is 9.15. The van der Waals surface area contributed by atoms with Crippen LogP contribution in [-0.4, -0.2) is 55.3 Å². The van der Waals surface area contributed by atoms with Gasteiger partial charge in [0.2, 0.25) is 0 Å². The first-order chi connectivity index (χ1) is 12.2. The largest absolute Gasteiger partial charge is 0.447 e. The smallest absolute Gasteiger partial charge is 0.414 e. The van der Waals surface area contributed by atoms with Crippen LogP contribution in [0.1, 0.15) is 42.5 Å². The molecule has 0 atom stereocenters. The van der Waals surface area contributed by atoms with Crippen molar-refractivity contribution in [1.29, 1.82) is 0 Å². The summed E-state index contributed by atoms with van der Waals surface area (Å²) in [6, 6.07) is 7.27. The Balaban J connectivity index is 1.51. The van der Waals surface area contributed by atoms with Crippen LogP contribution in [0.4, 0.5) is 10.5 Å². The SMILES string of the molecule is O=C(c1cccc(N2CCOC2=O)c1)N1CCOC2(CCCCC2)C1. The zero-order chi connectivity index (χ0) is 17.3. The fraction of sp³-hybridized carbons (Fsp3) is 0.579. The molecule has 2 saturated heterocycles. The van der Waals surface area contributed by atoms with E-state index in [1.54, 1.807) is 11.0 Å². The highest BCUT2D eigenvalue weighted by molar-refractivity contribution is 5.97. The van der Waals surface area contributed by atoms with Crippen molar-refractivity contribution in [2.45, 2.75) is 37.7 Å². The molecule has 3 aliphatic rings. The van der Waals surface area contributed by atoms with E-state index < -0.39 is 0 Å². The van der Waals surface area contributed by atoms with Crippen molar-refractivity contribution in [2.75, 3.05) is 37.7 Å². The lowest BCUT2D eigenvalue weighted by Gasteiger charge is -2.45. The van der Waals surface area contributed by atoms with Crippen LogP contribution >= 0.6 is 0 Å². The number of carbonyl (C=O) groups excluding carboxylic acids is 2. The molecule has 0 bridgehead atoms. The Kier molecular flexibility index (Phi) is 4.37. The third-order valence-corrected chi connectivity index (χ3v) is 5.47. The molecule has 3 fully saturated rings. The van der Waals surface area contributed by atoms with E-state index in [2.05, 4.69) is 0 Å². The Bertz CT molecular complexity index is 664. The van der Waals surface area contributed by atoms with Crippen LogP contribution in [0.2, 0.25) is 0 Å². The average molecular weight is 344 g/mol. The van der Waals surface area contributed by atoms with Crippen molar-refractivity contribution in [3.63, 3.8) is 0 Å². The number of hydrogen-bond acceptors (Lipinski definition) is 4. The molecule has 0 radical (unpaired) electrons. The Labute approximate surface area is 147 Å². The molecule has 1 aliphatic carbocycles. The van der Waals surface area contributed by atoms with Gasteiger partial charge in [0.1, 0.15) is 6.61 Å². The molecule has 1 aromatic rings. The summed E-state index contributed by atoms with van der Waals surface area (Å²) in [6.07, 6.45) is 5.33. The van der Waals surface area contributed by atoms with Gasteiger partial charge in [-0.25, -0.2) is 4.79 Å². The second-order valence-electron chi connectivity index (χ2n) is 7.14. The third-order valence-electron chi connectivity index (χ3n) is 5.47. The maximum Gasteiger partial charge on any atom is 0.414 e. The summed E-state index contributed by atoms with van der Waals surface area (Å²) in [4.78, 5) is 28.2.